The fourth-order valence-corrected chi connectivity index (χ4v) is 2.15. The van der Waals surface area contributed by atoms with Crippen molar-refractivity contribution in [3.63, 3.8) is 0 Å². The standard InChI is InChI=1S/C13H14N2O2.C6H6/c1-2-13(17)14-6-5-9-8-15-12-4-3-10(16)7-11(9)12;1-2-4-6-5-3-1/h2-4,7-8,15-16H,1,5-6H2,(H,14,17);1-6H. The number of phenols is 1. The lowest BCUT2D eigenvalue weighted by Gasteiger charge is -2.01. The molecule has 0 saturated carbocycles. The van der Waals surface area contributed by atoms with Gasteiger partial charge in [0.1, 0.15) is 5.75 Å². The number of rotatable bonds is 4. The molecule has 0 aliphatic carbocycles. The molecule has 0 radical (unpaired) electrons. The van der Waals surface area contributed by atoms with Crippen molar-refractivity contribution in [1.29, 1.82) is 0 Å². The molecule has 0 saturated heterocycles. The van der Waals surface area contributed by atoms with Crippen molar-refractivity contribution in [2.24, 2.45) is 0 Å². The first-order valence-corrected chi connectivity index (χ1v) is 7.40. The molecule has 4 heteroatoms. The van der Waals surface area contributed by atoms with Gasteiger partial charge in [0, 0.05) is 23.6 Å². The van der Waals surface area contributed by atoms with Gasteiger partial charge in [0.05, 0.1) is 0 Å². The van der Waals surface area contributed by atoms with Crippen LogP contribution < -0.4 is 5.32 Å². The summed E-state index contributed by atoms with van der Waals surface area (Å²) in [7, 11) is 0. The average Bonchev–Trinajstić information content (AvgIpc) is 2.99. The molecule has 118 valence electrons. The van der Waals surface area contributed by atoms with Crippen molar-refractivity contribution in [2.45, 2.75) is 6.42 Å². The number of hydrogen-bond acceptors (Lipinski definition) is 2. The van der Waals surface area contributed by atoms with Gasteiger partial charge in [-0.25, -0.2) is 0 Å². The van der Waals surface area contributed by atoms with E-state index in [1.54, 1.807) is 12.1 Å². The van der Waals surface area contributed by atoms with E-state index in [9.17, 15) is 9.90 Å². The van der Waals surface area contributed by atoms with Crippen molar-refractivity contribution in [2.75, 3.05) is 6.54 Å². The second-order valence-electron chi connectivity index (χ2n) is 4.94. The summed E-state index contributed by atoms with van der Waals surface area (Å²) in [4.78, 5) is 14.1. The zero-order valence-electron chi connectivity index (χ0n) is 12.8. The Morgan fingerprint density at radius 1 is 1.17 bits per heavy atom. The lowest BCUT2D eigenvalue weighted by molar-refractivity contribution is -0.116. The van der Waals surface area contributed by atoms with Crippen molar-refractivity contribution >= 4 is 16.8 Å². The number of aromatic nitrogens is 1. The van der Waals surface area contributed by atoms with Gasteiger partial charge in [-0.3, -0.25) is 4.79 Å². The third kappa shape index (κ3) is 5.04. The minimum absolute atomic E-state index is 0.173. The molecule has 4 nitrogen and oxygen atoms in total. The summed E-state index contributed by atoms with van der Waals surface area (Å²) < 4.78 is 0. The number of amides is 1. The minimum Gasteiger partial charge on any atom is -0.508 e. The van der Waals surface area contributed by atoms with E-state index in [2.05, 4.69) is 16.9 Å². The molecule has 23 heavy (non-hydrogen) atoms. The number of H-pyrrole nitrogens is 1. The first-order chi connectivity index (χ1) is 11.2. The topological polar surface area (TPSA) is 65.1 Å². The Bertz CT molecular complexity index is 737. The van der Waals surface area contributed by atoms with Crippen LogP contribution in [0.15, 0.2) is 73.4 Å². The molecular weight excluding hydrogens is 288 g/mol. The Hall–Kier alpha value is -3.01. The van der Waals surface area contributed by atoms with Gasteiger partial charge in [-0.1, -0.05) is 43.0 Å². The predicted molar refractivity (Wildman–Crippen MR) is 93.3 cm³/mol. The Morgan fingerprint density at radius 3 is 2.43 bits per heavy atom. The highest BCUT2D eigenvalue weighted by Crippen LogP contribution is 2.22. The number of carbonyl (C=O) groups excluding carboxylic acids is 1. The summed E-state index contributed by atoms with van der Waals surface area (Å²) >= 11 is 0. The Kier molecular flexibility index (Phi) is 6.00. The number of fused-ring (bicyclic) bond motifs is 1. The van der Waals surface area contributed by atoms with Crippen LogP contribution in [0.4, 0.5) is 0 Å². The number of nitrogens with one attached hydrogen (secondary N) is 2. The molecule has 0 atom stereocenters. The van der Waals surface area contributed by atoms with Crippen molar-refractivity contribution in [3.05, 3.63) is 79.0 Å². The Balaban J connectivity index is 0.000000268. The molecule has 0 aliphatic heterocycles. The average molecular weight is 308 g/mol. The number of aromatic hydroxyl groups is 1. The first-order valence-electron chi connectivity index (χ1n) is 7.40. The highest BCUT2D eigenvalue weighted by Gasteiger charge is 2.04. The number of aromatic amines is 1. The van der Waals surface area contributed by atoms with E-state index in [1.165, 1.54) is 6.08 Å². The first kappa shape index (κ1) is 16.4. The van der Waals surface area contributed by atoms with Crippen LogP contribution in [0, 0.1) is 0 Å². The number of carbonyl (C=O) groups is 1. The van der Waals surface area contributed by atoms with Gasteiger partial charge in [-0.15, -0.1) is 0 Å². The van der Waals surface area contributed by atoms with E-state index in [0.29, 0.717) is 13.0 Å². The van der Waals surface area contributed by atoms with E-state index in [4.69, 9.17) is 0 Å². The maximum atomic E-state index is 11.0. The summed E-state index contributed by atoms with van der Waals surface area (Å²) in [6, 6.07) is 17.2. The molecule has 3 N–H and O–H groups in total. The number of benzene rings is 2. The van der Waals surface area contributed by atoms with Crippen LogP contribution >= 0.6 is 0 Å². The van der Waals surface area contributed by atoms with E-state index >= 15 is 0 Å². The highest BCUT2D eigenvalue weighted by atomic mass is 16.3. The second kappa shape index (κ2) is 8.44. The zero-order valence-corrected chi connectivity index (χ0v) is 12.8. The van der Waals surface area contributed by atoms with Gasteiger partial charge in [-0.2, -0.15) is 0 Å². The van der Waals surface area contributed by atoms with Crippen LogP contribution in [-0.2, 0) is 11.2 Å². The summed E-state index contributed by atoms with van der Waals surface area (Å²) in [5.74, 6) is 0.0705. The van der Waals surface area contributed by atoms with Gasteiger partial charge in [-0.05, 0) is 36.3 Å². The highest BCUT2D eigenvalue weighted by molar-refractivity contribution is 5.87. The quantitative estimate of drug-likeness (QED) is 0.647. The Morgan fingerprint density at radius 2 is 1.83 bits per heavy atom. The van der Waals surface area contributed by atoms with Gasteiger partial charge in [0.25, 0.3) is 0 Å². The van der Waals surface area contributed by atoms with Crippen molar-refractivity contribution in [3.8, 4) is 5.75 Å². The molecule has 3 aromatic rings. The molecule has 0 fully saturated rings. The smallest absolute Gasteiger partial charge is 0.243 e. The summed E-state index contributed by atoms with van der Waals surface area (Å²) in [6.45, 7) is 3.94. The molecule has 2 aromatic carbocycles. The normalized spacial score (nSPS) is 9.74. The molecule has 0 aliphatic rings. The van der Waals surface area contributed by atoms with Crippen LogP contribution in [-0.4, -0.2) is 22.5 Å². The van der Waals surface area contributed by atoms with Crippen LogP contribution in [0.1, 0.15) is 5.56 Å². The van der Waals surface area contributed by atoms with E-state index in [-0.39, 0.29) is 11.7 Å². The van der Waals surface area contributed by atoms with E-state index < -0.39 is 0 Å². The van der Waals surface area contributed by atoms with Crippen molar-refractivity contribution < 1.29 is 9.90 Å². The number of phenolic OH excluding ortho intramolecular Hbond substituents is 1. The molecule has 1 aromatic heterocycles. The van der Waals surface area contributed by atoms with Crippen LogP contribution in [0.5, 0.6) is 5.75 Å². The minimum atomic E-state index is -0.173. The monoisotopic (exact) mass is 308 g/mol. The van der Waals surface area contributed by atoms with Gasteiger partial charge in [0.15, 0.2) is 0 Å². The fourth-order valence-electron chi connectivity index (χ4n) is 2.15. The Labute approximate surface area is 135 Å². The molecule has 0 unspecified atom stereocenters. The molecule has 1 amide bonds. The van der Waals surface area contributed by atoms with E-state index in [0.717, 1.165) is 16.5 Å². The summed E-state index contributed by atoms with van der Waals surface area (Å²) in [5, 5.41) is 13.1. The maximum absolute atomic E-state index is 11.0. The summed E-state index contributed by atoms with van der Waals surface area (Å²) in [5.41, 5.74) is 2.05. The molecule has 0 spiro atoms. The maximum Gasteiger partial charge on any atom is 0.243 e. The van der Waals surface area contributed by atoms with Crippen LogP contribution in [0.2, 0.25) is 0 Å². The fraction of sp³-hybridized carbons (Fsp3) is 0.105. The SMILES string of the molecule is C=CC(=O)NCCc1c[nH]c2ccc(O)cc12.c1ccccc1. The van der Waals surface area contributed by atoms with Crippen molar-refractivity contribution in [1.82, 2.24) is 10.3 Å². The van der Waals surface area contributed by atoms with Gasteiger partial charge >= 0.3 is 0 Å². The molecule has 1 heterocycles. The predicted octanol–water partition coefficient (Wildman–Crippen LogP) is 3.40. The second-order valence-corrected chi connectivity index (χ2v) is 4.94. The van der Waals surface area contributed by atoms with Gasteiger partial charge < -0.3 is 15.4 Å². The van der Waals surface area contributed by atoms with Crippen LogP contribution in [0.3, 0.4) is 0 Å². The third-order valence-corrected chi connectivity index (χ3v) is 3.30. The van der Waals surface area contributed by atoms with Crippen LogP contribution in [0.25, 0.3) is 10.9 Å². The molecular formula is C19H20N2O2. The summed E-state index contributed by atoms with van der Waals surface area (Å²) in [6.07, 6.45) is 3.86. The molecule has 3 rings (SSSR count). The lowest BCUT2D eigenvalue weighted by atomic mass is 10.1. The largest absolute Gasteiger partial charge is 0.508 e. The third-order valence-electron chi connectivity index (χ3n) is 3.30. The number of hydrogen-bond donors (Lipinski definition) is 3. The zero-order chi connectivity index (χ0) is 16.5. The van der Waals surface area contributed by atoms with Gasteiger partial charge in [0.2, 0.25) is 5.91 Å². The lowest BCUT2D eigenvalue weighted by Crippen LogP contribution is -2.23. The van der Waals surface area contributed by atoms with E-state index in [1.807, 2.05) is 48.7 Å². The molecule has 0 bridgehead atoms.